The quantitative estimate of drug-likeness (QED) is 0.709. The van der Waals surface area contributed by atoms with Crippen LogP contribution >= 0.6 is 0 Å². The molecule has 2 N–H and O–H groups in total. The van der Waals surface area contributed by atoms with Gasteiger partial charge in [-0.05, 0) is 47.7 Å². The van der Waals surface area contributed by atoms with Crippen LogP contribution in [0.3, 0.4) is 0 Å². The van der Waals surface area contributed by atoms with E-state index in [1.807, 2.05) is 26.0 Å². The summed E-state index contributed by atoms with van der Waals surface area (Å²) < 4.78 is 27.6. The predicted molar refractivity (Wildman–Crippen MR) is 109 cm³/mol. The number of carbonyl (C=O) groups excluding carboxylic acids is 1. The van der Waals surface area contributed by atoms with Crippen LogP contribution in [0.25, 0.3) is 0 Å². The van der Waals surface area contributed by atoms with E-state index < -0.39 is 10.0 Å². The van der Waals surface area contributed by atoms with Gasteiger partial charge in [0.2, 0.25) is 15.9 Å². The van der Waals surface area contributed by atoms with Crippen molar-refractivity contribution in [1.82, 2.24) is 4.72 Å². The predicted octanol–water partition coefficient (Wildman–Crippen LogP) is 4.27. The molecule has 27 heavy (non-hydrogen) atoms. The maximum atomic E-state index is 12.5. The fraction of sp³-hybridized carbons (Fsp3) is 0.381. The second-order valence-electron chi connectivity index (χ2n) is 7.04. The Labute approximate surface area is 162 Å². The summed E-state index contributed by atoms with van der Waals surface area (Å²) in [5, 5.41) is 2.81. The number of anilines is 1. The van der Waals surface area contributed by atoms with Gasteiger partial charge < -0.3 is 5.32 Å². The van der Waals surface area contributed by atoms with Crippen molar-refractivity contribution >= 4 is 21.6 Å². The number of benzene rings is 2. The Morgan fingerprint density at radius 1 is 0.963 bits per heavy atom. The van der Waals surface area contributed by atoms with E-state index in [4.69, 9.17) is 0 Å². The van der Waals surface area contributed by atoms with Gasteiger partial charge in [0.05, 0.1) is 4.90 Å². The van der Waals surface area contributed by atoms with Gasteiger partial charge in [0.25, 0.3) is 0 Å². The normalized spacial score (nSPS) is 12.8. The van der Waals surface area contributed by atoms with Gasteiger partial charge in [-0.2, -0.15) is 0 Å². The van der Waals surface area contributed by atoms with Gasteiger partial charge in [0.1, 0.15) is 0 Å². The smallest absolute Gasteiger partial charge is 0.240 e. The van der Waals surface area contributed by atoms with Crippen LogP contribution < -0.4 is 10.0 Å². The first-order valence-electron chi connectivity index (χ1n) is 9.22. The molecule has 146 valence electrons. The number of sulfonamides is 1. The molecular weight excluding hydrogens is 360 g/mol. The zero-order valence-electron chi connectivity index (χ0n) is 16.3. The number of carbonyl (C=O) groups is 1. The van der Waals surface area contributed by atoms with Crippen LogP contribution in [-0.2, 0) is 21.4 Å². The van der Waals surface area contributed by atoms with Gasteiger partial charge in [-0.25, -0.2) is 13.1 Å². The Morgan fingerprint density at radius 2 is 1.56 bits per heavy atom. The minimum absolute atomic E-state index is 0.0516. The molecule has 2 aromatic rings. The average molecular weight is 389 g/mol. The van der Waals surface area contributed by atoms with Gasteiger partial charge >= 0.3 is 0 Å². The van der Waals surface area contributed by atoms with E-state index in [-0.39, 0.29) is 23.3 Å². The molecular formula is C21H28N2O3S. The van der Waals surface area contributed by atoms with Crippen LogP contribution in [0.2, 0.25) is 0 Å². The standard InChI is InChI=1S/C21H28N2O3S/c1-5-16(4)18-8-12-20(13-9-18)27(25,26)22-14-17-6-10-19(11-7-17)23-21(24)15(2)3/h6-13,15-16,22H,5,14H2,1-4H3,(H,23,24). The maximum Gasteiger partial charge on any atom is 0.240 e. The second-order valence-corrected chi connectivity index (χ2v) is 8.81. The highest BCUT2D eigenvalue weighted by atomic mass is 32.2. The van der Waals surface area contributed by atoms with Gasteiger partial charge in [-0.3, -0.25) is 4.79 Å². The molecule has 1 amide bonds. The topological polar surface area (TPSA) is 75.3 Å². The van der Waals surface area contributed by atoms with Gasteiger partial charge in [0, 0.05) is 18.2 Å². The summed E-state index contributed by atoms with van der Waals surface area (Å²) in [6.07, 6.45) is 1.01. The van der Waals surface area contributed by atoms with E-state index in [2.05, 4.69) is 23.9 Å². The molecule has 0 saturated heterocycles. The molecule has 0 saturated carbocycles. The first-order chi connectivity index (χ1) is 12.7. The SMILES string of the molecule is CCC(C)c1ccc(S(=O)(=O)NCc2ccc(NC(=O)C(C)C)cc2)cc1. The minimum atomic E-state index is -3.57. The largest absolute Gasteiger partial charge is 0.326 e. The van der Waals surface area contributed by atoms with Crippen LogP contribution in [0.4, 0.5) is 5.69 Å². The summed E-state index contributed by atoms with van der Waals surface area (Å²) in [5.74, 6) is 0.261. The Morgan fingerprint density at radius 3 is 2.07 bits per heavy atom. The van der Waals surface area contributed by atoms with Crippen molar-refractivity contribution in [2.45, 2.75) is 51.5 Å². The van der Waals surface area contributed by atoms with E-state index in [0.29, 0.717) is 11.6 Å². The lowest BCUT2D eigenvalue weighted by molar-refractivity contribution is -0.118. The fourth-order valence-corrected chi connectivity index (χ4v) is 3.48. The molecule has 0 aliphatic heterocycles. The summed E-state index contributed by atoms with van der Waals surface area (Å²) in [6, 6.07) is 14.2. The van der Waals surface area contributed by atoms with E-state index in [1.54, 1.807) is 36.4 Å². The number of hydrogen-bond donors (Lipinski definition) is 2. The first kappa shape index (κ1) is 21.1. The maximum absolute atomic E-state index is 12.5. The zero-order valence-corrected chi connectivity index (χ0v) is 17.1. The Hall–Kier alpha value is -2.18. The number of amides is 1. The summed E-state index contributed by atoms with van der Waals surface area (Å²) in [6.45, 7) is 8.07. The van der Waals surface area contributed by atoms with Crippen molar-refractivity contribution in [2.24, 2.45) is 5.92 Å². The molecule has 0 aliphatic rings. The molecule has 1 atom stereocenters. The molecule has 2 aromatic carbocycles. The molecule has 2 rings (SSSR count). The molecule has 6 heteroatoms. The molecule has 0 bridgehead atoms. The van der Waals surface area contributed by atoms with Crippen molar-refractivity contribution in [1.29, 1.82) is 0 Å². The van der Waals surface area contributed by atoms with E-state index in [0.717, 1.165) is 17.5 Å². The third-order valence-corrected chi connectivity index (χ3v) is 6.00. The van der Waals surface area contributed by atoms with Crippen LogP contribution in [0.5, 0.6) is 0 Å². The lowest BCUT2D eigenvalue weighted by Gasteiger charge is -2.11. The molecule has 0 fully saturated rings. The van der Waals surface area contributed by atoms with Gasteiger partial charge in [-0.1, -0.05) is 52.0 Å². The molecule has 5 nitrogen and oxygen atoms in total. The highest BCUT2D eigenvalue weighted by Gasteiger charge is 2.14. The highest BCUT2D eigenvalue weighted by Crippen LogP contribution is 2.20. The Kier molecular flexibility index (Phi) is 7.16. The molecule has 0 aliphatic carbocycles. The monoisotopic (exact) mass is 388 g/mol. The van der Waals surface area contributed by atoms with Gasteiger partial charge in [-0.15, -0.1) is 0 Å². The Balaban J connectivity index is 1.99. The van der Waals surface area contributed by atoms with Crippen molar-refractivity contribution in [3.8, 4) is 0 Å². The van der Waals surface area contributed by atoms with Crippen LogP contribution in [0, 0.1) is 5.92 Å². The fourth-order valence-electron chi connectivity index (χ4n) is 2.47. The minimum Gasteiger partial charge on any atom is -0.326 e. The van der Waals surface area contributed by atoms with E-state index in [1.165, 1.54) is 0 Å². The van der Waals surface area contributed by atoms with E-state index >= 15 is 0 Å². The summed E-state index contributed by atoms with van der Waals surface area (Å²) in [7, 11) is -3.57. The van der Waals surface area contributed by atoms with E-state index in [9.17, 15) is 13.2 Å². The third kappa shape index (κ3) is 5.91. The van der Waals surface area contributed by atoms with Crippen LogP contribution in [-0.4, -0.2) is 14.3 Å². The summed E-state index contributed by atoms with van der Waals surface area (Å²) in [4.78, 5) is 12.0. The van der Waals surface area contributed by atoms with Crippen LogP contribution in [0.1, 0.15) is 51.2 Å². The zero-order chi connectivity index (χ0) is 20.0. The van der Waals surface area contributed by atoms with Crippen molar-refractivity contribution < 1.29 is 13.2 Å². The summed E-state index contributed by atoms with van der Waals surface area (Å²) in [5.41, 5.74) is 2.65. The molecule has 0 spiro atoms. The van der Waals surface area contributed by atoms with Crippen LogP contribution in [0.15, 0.2) is 53.4 Å². The lowest BCUT2D eigenvalue weighted by Crippen LogP contribution is -2.23. The number of nitrogens with one attached hydrogen (secondary N) is 2. The van der Waals surface area contributed by atoms with Crippen molar-refractivity contribution in [3.63, 3.8) is 0 Å². The second kappa shape index (κ2) is 9.15. The van der Waals surface area contributed by atoms with Crippen molar-refractivity contribution in [2.75, 3.05) is 5.32 Å². The highest BCUT2D eigenvalue weighted by molar-refractivity contribution is 7.89. The molecule has 0 aromatic heterocycles. The first-order valence-corrected chi connectivity index (χ1v) is 10.7. The lowest BCUT2D eigenvalue weighted by atomic mass is 9.99. The number of hydrogen-bond acceptors (Lipinski definition) is 3. The molecule has 0 radical (unpaired) electrons. The summed E-state index contributed by atoms with van der Waals surface area (Å²) >= 11 is 0. The van der Waals surface area contributed by atoms with Crippen molar-refractivity contribution in [3.05, 3.63) is 59.7 Å². The third-order valence-electron chi connectivity index (χ3n) is 4.58. The molecule has 1 unspecified atom stereocenters. The van der Waals surface area contributed by atoms with Gasteiger partial charge in [0.15, 0.2) is 0 Å². The Bertz CT molecular complexity index is 857. The number of rotatable bonds is 8. The average Bonchev–Trinajstić information content (AvgIpc) is 2.67. The molecule has 0 heterocycles.